The van der Waals surface area contributed by atoms with Gasteiger partial charge in [0.25, 0.3) is 0 Å². The van der Waals surface area contributed by atoms with Crippen LogP contribution < -0.4 is 10.6 Å². The average molecular weight is 234 g/mol. The maximum absolute atomic E-state index is 11.5. The van der Waals surface area contributed by atoms with Gasteiger partial charge in [-0.15, -0.1) is 0 Å². The summed E-state index contributed by atoms with van der Waals surface area (Å²) in [6, 6.07) is 5.47. The maximum Gasteiger partial charge on any atom is 0.319 e. The molecular weight excluding hydrogens is 216 g/mol. The molecule has 0 heterocycles. The molecule has 0 radical (unpaired) electrons. The van der Waals surface area contributed by atoms with Gasteiger partial charge in [0.15, 0.2) is 0 Å². The lowest BCUT2D eigenvalue weighted by molar-refractivity contribution is -0.116. The lowest BCUT2D eigenvalue weighted by Crippen LogP contribution is -2.30. The van der Waals surface area contributed by atoms with Gasteiger partial charge in [0.05, 0.1) is 0 Å². The third kappa shape index (κ3) is 4.26. The fourth-order valence-electron chi connectivity index (χ4n) is 1.41. The Hall–Kier alpha value is -1.84. The van der Waals surface area contributed by atoms with Crippen molar-refractivity contribution < 1.29 is 9.59 Å². The predicted molar refractivity (Wildman–Crippen MR) is 68.2 cm³/mol. The molecule has 2 amide bonds. The van der Waals surface area contributed by atoms with Gasteiger partial charge in [-0.25, -0.2) is 4.79 Å². The molecule has 0 aliphatic carbocycles. The van der Waals surface area contributed by atoms with Crippen molar-refractivity contribution >= 4 is 17.5 Å². The highest BCUT2D eigenvalue weighted by molar-refractivity contribution is 5.90. The molecule has 17 heavy (non-hydrogen) atoms. The Morgan fingerprint density at radius 1 is 1.24 bits per heavy atom. The number of hydrogen-bond donors (Lipinski definition) is 2. The number of aryl methyl sites for hydroxylation is 1. The minimum Gasteiger partial charge on any atom is -0.337 e. The van der Waals surface area contributed by atoms with Crippen LogP contribution in [0, 0.1) is 13.8 Å². The first kappa shape index (κ1) is 13.2. The first-order chi connectivity index (χ1) is 8.00. The number of anilines is 1. The van der Waals surface area contributed by atoms with Gasteiger partial charge in [-0.2, -0.15) is 0 Å². The van der Waals surface area contributed by atoms with Crippen LogP contribution in [0.4, 0.5) is 10.5 Å². The van der Waals surface area contributed by atoms with Crippen molar-refractivity contribution in [3.63, 3.8) is 0 Å². The van der Waals surface area contributed by atoms with Crippen LogP contribution in [0.3, 0.4) is 0 Å². The van der Waals surface area contributed by atoms with E-state index in [2.05, 4.69) is 10.6 Å². The van der Waals surface area contributed by atoms with Gasteiger partial charge in [0, 0.05) is 18.7 Å². The quantitative estimate of drug-likeness (QED) is 0.840. The molecule has 1 rings (SSSR count). The number of nitrogens with one attached hydrogen (secondary N) is 2. The second-order valence-corrected chi connectivity index (χ2v) is 4.08. The van der Waals surface area contributed by atoms with E-state index in [-0.39, 0.29) is 11.8 Å². The van der Waals surface area contributed by atoms with Crippen molar-refractivity contribution in [3.05, 3.63) is 29.3 Å². The molecule has 4 nitrogen and oxygen atoms in total. The highest BCUT2D eigenvalue weighted by Crippen LogP contribution is 2.17. The van der Waals surface area contributed by atoms with E-state index in [1.54, 1.807) is 0 Å². The largest absolute Gasteiger partial charge is 0.337 e. The van der Waals surface area contributed by atoms with Gasteiger partial charge < -0.3 is 10.6 Å². The molecule has 1 aromatic rings. The van der Waals surface area contributed by atoms with Crippen molar-refractivity contribution in [3.8, 4) is 0 Å². The summed E-state index contributed by atoms with van der Waals surface area (Å²) in [5.74, 6) is 0.0667. The highest BCUT2D eigenvalue weighted by Gasteiger charge is 2.05. The number of carbonyl (C=O) groups is 2. The fraction of sp³-hybridized carbons (Fsp3) is 0.385. The maximum atomic E-state index is 11.5. The Kier molecular flexibility index (Phi) is 4.69. The second-order valence-electron chi connectivity index (χ2n) is 4.08. The van der Waals surface area contributed by atoms with Crippen LogP contribution in [0.15, 0.2) is 18.2 Å². The normalized spacial score (nSPS) is 9.82. The molecule has 0 spiro atoms. The van der Waals surface area contributed by atoms with E-state index < -0.39 is 0 Å². The van der Waals surface area contributed by atoms with Crippen molar-refractivity contribution in [2.75, 3.05) is 11.9 Å². The van der Waals surface area contributed by atoms with E-state index in [0.29, 0.717) is 13.0 Å². The molecular formula is C13H18N2O2. The minimum absolute atomic E-state index is 0.0667. The Balaban J connectivity index is 2.51. The Labute approximate surface area is 101 Å². The first-order valence-electron chi connectivity index (χ1n) is 5.61. The standard InChI is InChI=1S/C13H18N2O2/c1-9-5-4-6-12(11(9)3)15-13(17)14-8-7-10(2)16/h4-6H,7-8H2,1-3H3,(H2,14,15,17). The molecule has 2 N–H and O–H groups in total. The molecule has 4 heteroatoms. The van der Waals surface area contributed by atoms with Gasteiger partial charge >= 0.3 is 6.03 Å². The van der Waals surface area contributed by atoms with Crippen LogP contribution in [0.25, 0.3) is 0 Å². The number of urea groups is 1. The summed E-state index contributed by atoms with van der Waals surface area (Å²) in [5.41, 5.74) is 2.98. The lowest BCUT2D eigenvalue weighted by Gasteiger charge is -2.10. The van der Waals surface area contributed by atoms with Crippen molar-refractivity contribution in [1.82, 2.24) is 5.32 Å². The number of amides is 2. The number of hydrogen-bond acceptors (Lipinski definition) is 2. The van der Waals surface area contributed by atoms with Crippen LogP contribution in [-0.2, 0) is 4.79 Å². The van der Waals surface area contributed by atoms with Crippen LogP contribution >= 0.6 is 0 Å². The van der Waals surface area contributed by atoms with E-state index >= 15 is 0 Å². The Bertz CT molecular complexity index is 427. The number of benzene rings is 1. The predicted octanol–water partition coefficient (Wildman–Crippen LogP) is 2.40. The third-order valence-electron chi connectivity index (χ3n) is 2.62. The van der Waals surface area contributed by atoms with E-state index in [1.165, 1.54) is 6.92 Å². The van der Waals surface area contributed by atoms with E-state index in [9.17, 15) is 9.59 Å². The summed E-state index contributed by atoms with van der Waals surface area (Å²) in [6.45, 7) is 5.82. The molecule has 0 aromatic heterocycles. The molecule has 1 aromatic carbocycles. The zero-order valence-corrected chi connectivity index (χ0v) is 10.5. The smallest absolute Gasteiger partial charge is 0.319 e. The molecule has 0 bridgehead atoms. The zero-order valence-electron chi connectivity index (χ0n) is 10.5. The van der Waals surface area contributed by atoms with Crippen molar-refractivity contribution in [2.45, 2.75) is 27.2 Å². The summed E-state index contributed by atoms with van der Waals surface area (Å²) in [5, 5.41) is 5.40. The van der Waals surface area contributed by atoms with Crippen molar-refractivity contribution in [1.29, 1.82) is 0 Å². The summed E-state index contributed by atoms with van der Waals surface area (Å²) >= 11 is 0. The summed E-state index contributed by atoms with van der Waals surface area (Å²) in [4.78, 5) is 22.2. The molecule has 0 aliphatic rings. The van der Waals surface area contributed by atoms with Crippen LogP contribution in [0.1, 0.15) is 24.5 Å². The molecule has 0 aliphatic heterocycles. The average Bonchev–Trinajstić information content (AvgIpc) is 2.24. The van der Waals surface area contributed by atoms with Gasteiger partial charge in [-0.05, 0) is 38.0 Å². The van der Waals surface area contributed by atoms with E-state index in [1.807, 2.05) is 32.0 Å². The zero-order chi connectivity index (χ0) is 12.8. The molecule has 0 saturated carbocycles. The van der Waals surface area contributed by atoms with E-state index in [0.717, 1.165) is 16.8 Å². The molecule has 92 valence electrons. The Morgan fingerprint density at radius 3 is 2.59 bits per heavy atom. The van der Waals surface area contributed by atoms with Gasteiger partial charge in [0.2, 0.25) is 0 Å². The molecule has 0 saturated heterocycles. The van der Waals surface area contributed by atoms with Gasteiger partial charge in [-0.1, -0.05) is 12.1 Å². The minimum atomic E-state index is -0.278. The summed E-state index contributed by atoms with van der Waals surface area (Å²) in [6.07, 6.45) is 0.361. The van der Waals surface area contributed by atoms with Gasteiger partial charge in [0.1, 0.15) is 5.78 Å². The first-order valence-corrected chi connectivity index (χ1v) is 5.61. The lowest BCUT2D eigenvalue weighted by atomic mass is 10.1. The summed E-state index contributed by atoms with van der Waals surface area (Å²) < 4.78 is 0. The number of rotatable bonds is 4. The SMILES string of the molecule is CC(=O)CCNC(=O)Nc1cccc(C)c1C. The fourth-order valence-corrected chi connectivity index (χ4v) is 1.41. The highest BCUT2D eigenvalue weighted by atomic mass is 16.2. The topological polar surface area (TPSA) is 58.2 Å². The molecule has 0 atom stereocenters. The van der Waals surface area contributed by atoms with Gasteiger partial charge in [-0.3, -0.25) is 4.79 Å². The van der Waals surface area contributed by atoms with Crippen LogP contribution in [0.2, 0.25) is 0 Å². The van der Waals surface area contributed by atoms with E-state index in [4.69, 9.17) is 0 Å². The van der Waals surface area contributed by atoms with Crippen molar-refractivity contribution in [2.24, 2.45) is 0 Å². The monoisotopic (exact) mass is 234 g/mol. The second kappa shape index (κ2) is 6.03. The van der Waals surface area contributed by atoms with Crippen LogP contribution in [0.5, 0.6) is 0 Å². The third-order valence-corrected chi connectivity index (χ3v) is 2.62. The molecule has 0 unspecified atom stereocenters. The number of ketones is 1. The number of Topliss-reactive ketones (excluding diaryl/α,β-unsaturated/α-hetero) is 1. The molecule has 0 fully saturated rings. The number of carbonyl (C=O) groups excluding carboxylic acids is 2. The van der Waals surface area contributed by atoms with Crippen LogP contribution in [-0.4, -0.2) is 18.4 Å². The Morgan fingerprint density at radius 2 is 1.94 bits per heavy atom. The summed E-state index contributed by atoms with van der Waals surface area (Å²) in [7, 11) is 0.